The molecular formula is C8H18N2O7S2. The Morgan fingerprint density at radius 2 is 1.84 bits per heavy atom. The predicted molar refractivity (Wildman–Crippen MR) is 65.2 cm³/mol. The van der Waals surface area contributed by atoms with E-state index in [1.54, 1.807) is 29.7 Å². The van der Waals surface area contributed by atoms with Crippen molar-refractivity contribution in [3.05, 3.63) is 12.4 Å². The van der Waals surface area contributed by atoms with E-state index in [0.29, 0.717) is 6.42 Å². The first-order valence-corrected chi connectivity index (χ1v) is 8.21. The lowest BCUT2D eigenvalue weighted by Crippen LogP contribution is -2.88. The number of rotatable bonds is 4. The summed E-state index contributed by atoms with van der Waals surface area (Å²) in [5.74, 6) is 0. The molecule has 0 aromatic rings. The van der Waals surface area contributed by atoms with Gasteiger partial charge in [0.25, 0.3) is 10.1 Å². The van der Waals surface area contributed by atoms with Crippen molar-refractivity contribution in [2.45, 2.75) is 31.2 Å². The van der Waals surface area contributed by atoms with Gasteiger partial charge in [-0.3, -0.25) is 14.4 Å². The molecule has 0 fully saturated rings. The number of nitrogens with zero attached hydrogens (tertiary/aromatic N) is 1. The molecule has 0 saturated carbocycles. The maximum Gasteiger partial charge on any atom is 0.275 e. The Hall–Kier alpha value is -0.720. The average Bonchev–Trinajstić information content (AvgIpc) is 2.56. The summed E-state index contributed by atoms with van der Waals surface area (Å²) in [5, 5.41) is 1.08. The van der Waals surface area contributed by atoms with Crippen LogP contribution in [0, 0.1) is 0 Å². The molecule has 0 aromatic heterocycles. The van der Waals surface area contributed by atoms with Crippen molar-refractivity contribution >= 4 is 20.5 Å². The third kappa shape index (κ3) is 8.13. The molecule has 114 valence electrons. The van der Waals surface area contributed by atoms with Crippen molar-refractivity contribution < 1.29 is 35.8 Å². The van der Waals surface area contributed by atoms with Crippen molar-refractivity contribution in [3.8, 4) is 0 Å². The average molecular weight is 318 g/mol. The number of hydrogen-bond acceptors (Lipinski definition) is 6. The molecule has 0 aliphatic carbocycles. The van der Waals surface area contributed by atoms with Gasteiger partial charge in [-0.15, -0.1) is 0 Å². The summed E-state index contributed by atoms with van der Waals surface area (Å²) in [6, 6.07) is 0. The minimum Gasteiger partial charge on any atom is -0.726 e. The fourth-order valence-corrected chi connectivity index (χ4v) is 2.87. The highest BCUT2D eigenvalue weighted by Crippen LogP contribution is 2.13. The summed E-state index contributed by atoms with van der Waals surface area (Å²) < 4.78 is 64.2. The monoisotopic (exact) mass is 318 g/mol. The second-order valence-corrected chi connectivity index (χ2v) is 6.45. The molecule has 0 saturated heterocycles. The molecule has 0 bridgehead atoms. The Morgan fingerprint density at radius 3 is 2.11 bits per heavy atom. The molecule has 0 spiro atoms. The van der Waals surface area contributed by atoms with Gasteiger partial charge in [0.2, 0.25) is 10.4 Å². The van der Waals surface area contributed by atoms with E-state index in [2.05, 4.69) is 0 Å². The second-order valence-electron chi connectivity index (χ2n) is 3.96. The Labute approximate surface area is 112 Å². The van der Waals surface area contributed by atoms with Crippen LogP contribution >= 0.6 is 0 Å². The summed E-state index contributed by atoms with van der Waals surface area (Å²) in [6.07, 6.45) is 4.59. The van der Waals surface area contributed by atoms with Crippen LogP contribution in [0.5, 0.6) is 0 Å². The molecule has 0 radical (unpaired) electrons. The Morgan fingerprint density at radius 1 is 1.37 bits per heavy atom. The summed E-state index contributed by atoms with van der Waals surface area (Å²) in [5.41, 5.74) is 0. The van der Waals surface area contributed by atoms with Gasteiger partial charge in [-0.2, -0.15) is 8.42 Å². The highest BCUT2D eigenvalue weighted by molar-refractivity contribution is 7.86. The second kappa shape index (κ2) is 7.17. The van der Waals surface area contributed by atoms with Crippen LogP contribution in [0.2, 0.25) is 0 Å². The first-order valence-electron chi connectivity index (χ1n) is 5.35. The van der Waals surface area contributed by atoms with Gasteiger partial charge in [-0.05, 0) is 6.42 Å². The minimum atomic E-state index is -4.92. The largest absolute Gasteiger partial charge is 0.726 e. The smallest absolute Gasteiger partial charge is 0.275 e. The van der Waals surface area contributed by atoms with Crippen LogP contribution in [-0.4, -0.2) is 53.9 Å². The highest BCUT2D eigenvalue weighted by atomic mass is 32.3. The zero-order chi connectivity index (χ0) is 15.3. The zero-order valence-electron chi connectivity index (χ0n) is 10.5. The molecule has 11 heteroatoms. The highest BCUT2D eigenvalue weighted by Gasteiger charge is 2.37. The molecule has 2 unspecified atom stereocenters. The summed E-state index contributed by atoms with van der Waals surface area (Å²) in [7, 11) is -7.07. The van der Waals surface area contributed by atoms with Gasteiger partial charge in [0, 0.05) is 7.05 Å². The van der Waals surface area contributed by atoms with E-state index in [-0.39, 0.29) is 6.17 Å². The van der Waals surface area contributed by atoms with Gasteiger partial charge < -0.3 is 9.45 Å². The molecule has 1 rings (SSSR count). The van der Waals surface area contributed by atoms with Crippen molar-refractivity contribution in [2.75, 3.05) is 7.05 Å². The Bertz CT molecular complexity index is 491. The number of quaternary nitrogens is 1. The van der Waals surface area contributed by atoms with Gasteiger partial charge in [0.15, 0.2) is 11.4 Å². The summed E-state index contributed by atoms with van der Waals surface area (Å²) in [4.78, 5) is 1.80. The number of hydrogen-bond donors (Lipinski definition) is 3. The van der Waals surface area contributed by atoms with Crippen LogP contribution in [0.25, 0.3) is 0 Å². The normalized spacial score (nSPS) is 20.9. The predicted octanol–water partition coefficient (Wildman–Crippen LogP) is -1.65. The first kappa shape index (κ1) is 18.3. The third-order valence-electron chi connectivity index (χ3n) is 2.44. The van der Waals surface area contributed by atoms with Gasteiger partial charge in [-0.25, -0.2) is 8.42 Å². The van der Waals surface area contributed by atoms with E-state index in [0.717, 1.165) is 6.42 Å². The maximum atomic E-state index is 11.1. The molecule has 0 aromatic carbocycles. The molecule has 4 N–H and O–H groups in total. The lowest BCUT2D eigenvalue weighted by atomic mass is 10.2. The van der Waals surface area contributed by atoms with Gasteiger partial charge in [-0.1, -0.05) is 13.3 Å². The molecule has 0 amide bonds. The van der Waals surface area contributed by atoms with Crippen molar-refractivity contribution in [1.29, 1.82) is 0 Å². The molecule has 9 nitrogen and oxygen atoms in total. The fraction of sp³-hybridized carbons (Fsp3) is 0.750. The van der Waals surface area contributed by atoms with Crippen molar-refractivity contribution in [3.63, 3.8) is 0 Å². The fourth-order valence-electron chi connectivity index (χ4n) is 1.70. The maximum absolute atomic E-state index is 11.1. The van der Waals surface area contributed by atoms with Crippen LogP contribution < -0.4 is 5.32 Å². The lowest BCUT2D eigenvalue weighted by molar-refractivity contribution is -0.632. The van der Waals surface area contributed by atoms with E-state index in [1.165, 1.54) is 0 Å². The van der Waals surface area contributed by atoms with E-state index in [9.17, 15) is 8.42 Å². The standard InChI is InChI=1S/C8H16N2O3S.H2O4S/c1-3-4-7(14(11,12)13)8-9-5-6-10(8)2;1-5(2,3)4/h5-9H,3-4H2,1-2H3,(H,11,12,13);(H2,1,2,3,4). The Balaban J connectivity index is 0.000000555. The summed E-state index contributed by atoms with van der Waals surface area (Å²) >= 11 is 0. The van der Waals surface area contributed by atoms with E-state index >= 15 is 0 Å². The molecule has 1 aliphatic heterocycles. The quantitative estimate of drug-likeness (QED) is 0.412. The van der Waals surface area contributed by atoms with Crippen molar-refractivity contribution in [2.24, 2.45) is 0 Å². The Kier molecular flexibility index (Phi) is 6.89. The van der Waals surface area contributed by atoms with E-state index in [4.69, 9.17) is 22.1 Å². The van der Waals surface area contributed by atoms with Crippen LogP contribution in [0.4, 0.5) is 0 Å². The van der Waals surface area contributed by atoms with Crippen LogP contribution in [0.3, 0.4) is 0 Å². The SMILES string of the molecule is CCCC(C1[NH2+]C=CN1C)S(=O)(=O)O.O=S(=O)([O-])O. The molecular weight excluding hydrogens is 300 g/mol. The topological polar surface area (TPSA) is 152 Å². The van der Waals surface area contributed by atoms with Gasteiger partial charge in [0.05, 0.1) is 6.20 Å². The summed E-state index contributed by atoms with van der Waals surface area (Å²) in [6.45, 7) is 1.90. The molecule has 1 heterocycles. The molecule has 2 atom stereocenters. The first-order chi connectivity index (χ1) is 8.46. The van der Waals surface area contributed by atoms with E-state index < -0.39 is 25.8 Å². The van der Waals surface area contributed by atoms with Gasteiger partial charge >= 0.3 is 0 Å². The number of nitrogens with two attached hydrogens (primary N) is 1. The molecule has 1 aliphatic rings. The van der Waals surface area contributed by atoms with E-state index in [1.807, 2.05) is 6.92 Å². The minimum absolute atomic E-state index is 0.232. The lowest BCUT2D eigenvalue weighted by Gasteiger charge is -2.23. The van der Waals surface area contributed by atoms with Crippen molar-refractivity contribution in [1.82, 2.24) is 4.90 Å². The third-order valence-corrected chi connectivity index (χ3v) is 3.72. The zero-order valence-corrected chi connectivity index (χ0v) is 12.1. The molecule has 19 heavy (non-hydrogen) atoms. The van der Waals surface area contributed by atoms with Crippen LogP contribution in [0.1, 0.15) is 19.8 Å². The van der Waals surface area contributed by atoms with Gasteiger partial charge in [0.1, 0.15) is 6.20 Å². The van der Waals surface area contributed by atoms with Crippen LogP contribution in [0.15, 0.2) is 12.4 Å². The van der Waals surface area contributed by atoms with Crippen LogP contribution in [-0.2, 0) is 20.5 Å².